The Hall–Kier alpha value is -1.18. The van der Waals surface area contributed by atoms with Gasteiger partial charge in [-0.15, -0.1) is 0 Å². The summed E-state index contributed by atoms with van der Waals surface area (Å²) in [7, 11) is -4.30. The molecule has 0 saturated carbocycles. The number of ether oxygens (including phenoxy) is 1. The molecule has 0 aliphatic heterocycles. The van der Waals surface area contributed by atoms with Crippen molar-refractivity contribution in [3.8, 4) is 0 Å². The highest BCUT2D eigenvalue weighted by molar-refractivity contribution is 7.89. The van der Waals surface area contributed by atoms with Crippen LogP contribution < -0.4 is 5.14 Å². The van der Waals surface area contributed by atoms with Crippen LogP contribution in [-0.2, 0) is 14.8 Å². The van der Waals surface area contributed by atoms with E-state index in [1.54, 1.807) is 6.92 Å². The lowest BCUT2D eigenvalue weighted by Crippen LogP contribution is -2.17. The molecular formula is C10H11ClFNO4S. The van der Waals surface area contributed by atoms with Crippen LogP contribution in [0.4, 0.5) is 4.39 Å². The van der Waals surface area contributed by atoms with E-state index in [-0.39, 0.29) is 11.6 Å². The minimum Gasteiger partial charge on any atom is -0.462 e. The predicted octanol–water partition coefficient (Wildman–Crippen LogP) is 1.69. The van der Waals surface area contributed by atoms with Gasteiger partial charge in [-0.3, -0.25) is 0 Å². The lowest BCUT2D eigenvalue weighted by atomic mass is 10.2. The summed E-state index contributed by atoms with van der Waals surface area (Å²) in [6.45, 7) is 1.85. The van der Waals surface area contributed by atoms with Crippen molar-refractivity contribution in [1.29, 1.82) is 0 Å². The van der Waals surface area contributed by atoms with Crippen molar-refractivity contribution in [2.45, 2.75) is 18.2 Å². The van der Waals surface area contributed by atoms with Gasteiger partial charge in [-0.2, -0.15) is 0 Å². The van der Waals surface area contributed by atoms with Crippen LogP contribution >= 0.6 is 11.6 Å². The lowest BCUT2D eigenvalue weighted by molar-refractivity contribution is 0.0499. The molecule has 100 valence electrons. The number of carbonyl (C=O) groups excluding carboxylic acids is 1. The third kappa shape index (κ3) is 3.41. The number of hydrogen-bond acceptors (Lipinski definition) is 4. The molecule has 0 spiro atoms. The van der Waals surface area contributed by atoms with Crippen molar-refractivity contribution in [2.75, 3.05) is 6.61 Å². The molecular weight excluding hydrogens is 285 g/mol. The Bertz CT molecular complexity index is 573. The van der Waals surface area contributed by atoms with Crippen LogP contribution in [0.1, 0.15) is 23.7 Å². The summed E-state index contributed by atoms with van der Waals surface area (Å²) in [5.74, 6) is -2.25. The molecule has 0 aliphatic carbocycles. The summed E-state index contributed by atoms with van der Waals surface area (Å²) in [4.78, 5) is 10.7. The second kappa shape index (κ2) is 5.64. The van der Waals surface area contributed by atoms with Gasteiger partial charge in [0.2, 0.25) is 10.0 Å². The third-order valence-electron chi connectivity index (χ3n) is 1.97. The Balaban J connectivity index is 3.30. The van der Waals surface area contributed by atoms with E-state index in [1.165, 1.54) is 0 Å². The minimum atomic E-state index is -4.30. The highest BCUT2D eigenvalue weighted by atomic mass is 35.5. The van der Waals surface area contributed by atoms with E-state index in [2.05, 4.69) is 0 Å². The fourth-order valence-electron chi connectivity index (χ4n) is 1.19. The monoisotopic (exact) mass is 295 g/mol. The van der Waals surface area contributed by atoms with Gasteiger partial charge in [-0.25, -0.2) is 22.7 Å². The van der Waals surface area contributed by atoms with Crippen LogP contribution in [0.2, 0.25) is 5.02 Å². The summed E-state index contributed by atoms with van der Waals surface area (Å²) in [6, 6.07) is 1.83. The molecule has 0 amide bonds. The molecule has 0 heterocycles. The van der Waals surface area contributed by atoms with E-state index in [0.717, 1.165) is 12.1 Å². The van der Waals surface area contributed by atoms with E-state index >= 15 is 0 Å². The van der Waals surface area contributed by atoms with Crippen LogP contribution in [0.5, 0.6) is 0 Å². The first-order chi connectivity index (χ1) is 8.27. The Labute approximate surface area is 109 Å². The summed E-state index contributed by atoms with van der Waals surface area (Å²) < 4.78 is 40.8. The van der Waals surface area contributed by atoms with Gasteiger partial charge < -0.3 is 4.74 Å². The zero-order valence-corrected chi connectivity index (χ0v) is 11.0. The second-order valence-electron chi connectivity index (χ2n) is 3.45. The molecule has 1 rings (SSSR count). The van der Waals surface area contributed by atoms with Crippen molar-refractivity contribution in [3.63, 3.8) is 0 Å². The third-order valence-corrected chi connectivity index (χ3v) is 3.10. The van der Waals surface area contributed by atoms with Gasteiger partial charge in [0.05, 0.1) is 12.2 Å². The van der Waals surface area contributed by atoms with Gasteiger partial charge in [-0.05, 0) is 18.6 Å². The van der Waals surface area contributed by atoms with E-state index < -0.39 is 32.3 Å². The Kier molecular flexibility index (Phi) is 4.66. The number of rotatable bonds is 4. The summed E-state index contributed by atoms with van der Waals surface area (Å²) in [5, 5.41) is 4.70. The number of benzene rings is 1. The molecule has 5 nitrogen and oxygen atoms in total. The quantitative estimate of drug-likeness (QED) is 0.856. The van der Waals surface area contributed by atoms with Gasteiger partial charge in [-0.1, -0.05) is 18.5 Å². The largest absolute Gasteiger partial charge is 0.462 e. The molecule has 0 fully saturated rings. The maximum absolute atomic E-state index is 13.8. The standard InChI is InChI=1S/C10H11ClFNO4S/c1-2-3-17-10(14)7-4-6(11)5-8(9(7)12)18(13,15)16/h4-5H,2-3H2,1H3,(H2,13,15,16). The number of halogens is 2. The zero-order valence-electron chi connectivity index (χ0n) is 9.44. The molecule has 2 N–H and O–H groups in total. The van der Waals surface area contributed by atoms with Crippen LogP contribution in [0.3, 0.4) is 0 Å². The van der Waals surface area contributed by atoms with Crippen LogP contribution in [0.25, 0.3) is 0 Å². The van der Waals surface area contributed by atoms with Crippen molar-refractivity contribution in [1.82, 2.24) is 0 Å². The van der Waals surface area contributed by atoms with Crippen molar-refractivity contribution in [3.05, 3.63) is 28.5 Å². The number of primary sulfonamides is 1. The number of nitrogens with two attached hydrogens (primary N) is 1. The number of carbonyl (C=O) groups is 1. The van der Waals surface area contributed by atoms with Gasteiger partial charge in [0.1, 0.15) is 4.90 Å². The number of sulfonamides is 1. The molecule has 0 saturated heterocycles. The molecule has 18 heavy (non-hydrogen) atoms. The first kappa shape index (κ1) is 14.9. The number of hydrogen-bond donors (Lipinski definition) is 1. The van der Waals surface area contributed by atoms with Crippen molar-refractivity contribution >= 4 is 27.6 Å². The van der Waals surface area contributed by atoms with Gasteiger partial charge >= 0.3 is 5.97 Å². The summed E-state index contributed by atoms with van der Waals surface area (Å²) in [5.41, 5.74) is -0.556. The first-order valence-corrected chi connectivity index (χ1v) is 6.88. The average Bonchev–Trinajstić information content (AvgIpc) is 2.27. The van der Waals surface area contributed by atoms with Crippen molar-refractivity contribution < 1.29 is 22.3 Å². The molecule has 0 bridgehead atoms. The maximum atomic E-state index is 13.8. The molecule has 1 aromatic carbocycles. The summed E-state index contributed by atoms with van der Waals surface area (Å²) in [6.07, 6.45) is 0.552. The Morgan fingerprint density at radius 3 is 2.61 bits per heavy atom. The fraction of sp³-hybridized carbons (Fsp3) is 0.300. The first-order valence-electron chi connectivity index (χ1n) is 4.96. The molecule has 8 heteroatoms. The SMILES string of the molecule is CCCOC(=O)c1cc(Cl)cc(S(N)(=O)=O)c1F. The Morgan fingerprint density at radius 1 is 1.50 bits per heavy atom. The van der Waals surface area contributed by atoms with Crippen molar-refractivity contribution in [2.24, 2.45) is 5.14 Å². The van der Waals surface area contributed by atoms with E-state index in [0.29, 0.717) is 6.42 Å². The highest BCUT2D eigenvalue weighted by Crippen LogP contribution is 2.23. The van der Waals surface area contributed by atoms with Crippen LogP contribution in [0, 0.1) is 5.82 Å². The average molecular weight is 296 g/mol. The van der Waals surface area contributed by atoms with E-state index in [1.807, 2.05) is 0 Å². The molecule has 1 aromatic rings. The van der Waals surface area contributed by atoms with E-state index in [9.17, 15) is 17.6 Å². The lowest BCUT2D eigenvalue weighted by Gasteiger charge is -2.08. The highest BCUT2D eigenvalue weighted by Gasteiger charge is 2.23. The topological polar surface area (TPSA) is 86.5 Å². The van der Waals surface area contributed by atoms with Gasteiger partial charge in [0, 0.05) is 5.02 Å². The predicted molar refractivity (Wildman–Crippen MR) is 63.4 cm³/mol. The fourth-order valence-corrected chi connectivity index (χ4v) is 2.13. The molecule has 0 aromatic heterocycles. The van der Waals surface area contributed by atoms with Crippen LogP contribution in [0.15, 0.2) is 17.0 Å². The molecule has 0 atom stereocenters. The Morgan fingerprint density at radius 2 is 2.11 bits per heavy atom. The number of esters is 1. The molecule has 0 radical (unpaired) electrons. The smallest absolute Gasteiger partial charge is 0.341 e. The van der Waals surface area contributed by atoms with Gasteiger partial charge in [0.15, 0.2) is 5.82 Å². The normalized spacial score (nSPS) is 11.3. The maximum Gasteiger partial charge on any atom is 0.341 e. The molecule has 0 aliphatic rings. The second-order valence-corrected chi connectivity index (χ2v) is 5.41. The van der Waals surface area contributed by atoms with E-state index in [4.69, 9.17) is 21.5 Å². The zero-order chi connectivity index (χ0) is 13.9. The van der Waals surface area contributed by atoms with Crippen LogP contribution in [-0.4, -0.2) is 21.0 Å². The van der Waals surface area contributed by atoms with Gasteiger partial charge in [0.25, 0.3) is 0 Å². The summed E-state index contributed by atoms with van der Waals surface area (Å²) >= 11 is 5.61. The minimum absolute atomic E-state index is 0.0928. The molecule has 0 unspecified atom stereocenters.